The zero-order valence-corrected chi connectivity index (χ0v) is 25.0. The molecule has 1 aliphatic heterocycles. The maximum absolute atomic E-state index is 13.3. The van der Waals surface area contributed by atoms with E-state index in [0.717, 1.165) is 5.56 Å². The molecule has 2 heterocycles. The second-order valence-corrected chi connectivity index (χ2v) is 11.4. The van der Waals surface area contributed by atoms with E-state index in [2.05, 4.69) is 10.1 Å². The van der Waals surface area contributed by atoms with E-state index in [-0.39, 0.29) is 31.6 Å². The summed E-state index contributed by atoms with van der Waals surface area (Å²) in [5.74, 6) is 1.55. The summed E-state index contributed by atoms with van der Waals surface area (Å²) in [7, 11) is 0. The van der Waals surface area contributed by atoms with Crippen molar-refractivity contribution in [2.75, 3.05) is 13.2 Å². The molecule has 220 valence electrons. The normalized spacial score (nSPS) is 15.1. The van der Waals surface area contributed by atoms with Crippen molar-refractivity contribution >= 4 is 23.7 Å². The van der Waals surface area contributed by atoms with Crippen LogP contribution in [-0.2, 0) is 20.8 Å². The van der Waals surface area contributed by atoms with Gasteiger partial charge in [0.25, 0.3) is 5.89 Å². The van der Waals surface area contributed by atoms with Gasteiger partial charge in [0.15, 0.2) is 0 Å². The van der Waals surface area contributed by atoms with Gasteiger partial charge in [-0.2, -0.15) is 4.98 Å². The first-order chi connectivity index (χ1) is 19.4. The molecule has 1 aliphatic rings. The van der Waals surface area contributed by atoms with Gasteiger partial charge in [-0.15, -0.1) is 0 Å². The van der Waals surface area contributed by atoms with Gasteiger partial charge in [0.2, 0.25) is 5.82 Å². The first-order valence-corrected chi connectivity index (χ1v) is 14.0. The Morgan fingerprint density at radius 3 is 2.59 bits per heavy atom. The molecule has 0 fully saturated rings. The number of rotatable bonds is 8. The summed E-state index contributed by atoms with van der Waals surface area (Å²) in [5, 5.41) is 4.60. The number of ether oxygens (including phenoxy) is 4. The lowest BCUT2D eigenvalue weighted by Gasteiger charge is -2.31. The molecule has 0 radical (unpaired) electrons. The standard InChI is InChI=1S/C30H36ClN3O7/c1-7-37-26(35)13-10-22-17-38-24-11-8-19(14-21(24)16-34(22)29(36)40-30(4,5)6)27-32-28(41-33-27)20-9-12-25(23(31)15-20)39-18(2)3/h8-9,11-12,14-15,18,22H,7,10,13,16-17H2,1-6H3. The molecule has 41 heavy (non-hydrogen) atoms. The Morgan fingerprint density at radius 2 is 1.90 bits per heavy atom. The Balaban J connectivity index is 1.58. The zero-order chi connectivity index (χ0) is 29.7. The predicted molar refractivity (Wildman–Crippen MR) is 153 cm³/mol. The molecule has 1 atom stereocenters. The highest BCUT2D eigenvalue weighted by Gasteiger charge is 2.33. The van der Waals surface area contributed by atoms with Gasteiger partial charge in [0.05, 0.1) is 30.3 Å². The molecule has 1 aromatic heterocycles. The molecule has 0 aliphatic carbocycles. The molecule has 11 heteroatoms. The molecule has 0 spiro atoms. The molecule has 0 N–H and O–H groups in total. The molecule has 1 unspecified atom stereocenters. The Kier molecular flexibility index (Phi) is 9.42. The van der Waals surface area contributed by atoms with Gasteiger partial charge in [-0.25, -0.2) is 4.79 Å². The number of carbonyl (C=O) groups excluding carboxylic acids is 2. The first kappa shape index (κ1) is 30.2. The minimum absolute atomic E-state index is 0.00960. The van der Waals surface area contributed by atoms with Crippen LogP contribution < -0.4 is 9.47 Å². The molecule has 2 aromatic carbocycles. The van der Waals surface area contributed by atoms with E-state index in [0.29, 0.717) is 52.4 Å². The Hall–Kier alpha value is -3.79. The summed E-state index contributed by atoms with van der Waals surface area (Å²) in [5.41, 5.74) is 1.39. The average Bonchev–Trinajstić information content (AvgIpc) is 3.31. The fraction of sp³-hybridized carbons (Fsp3) is 0.467. The van der Waals surface area contributed by atoms with E-state index in [1.807, 2.05) is 52.8 Å². The highest BCUT2D eigenvalue weighted by Crippen LogP contribution is 2.34. The van der Waals surface area contributed by atoms with Gasteiger partial charge >= 0.3 is 12.1 Å². The van der Waals surface area contributed by atoms with Crippen LogP contribution in [0.1, 0.15) is 59.9 Å². The Labute approximate surface area is 244 Å². The highest BCUT2D eigenvalue weighted by molar-refractivity contribution is 6.32. The third kappa shape index (κ3) is 7.91. The predicted octanol–water partition coefficient (Wildman–Crippen LogP) is 6.69. The van der Waals surface area contributed by atoms with Gasteiger partial charge in [-0.05, 0) is 84.4 Å². The summed E-state index contributed by atoms with van der Waals surface area (Å²) < 4.78 is 28.1. The molecule has 1 amide bonds. The molecule has 0 saturated heterocycles. The Morgan fingerprint density at radius 1 is 1.15 bits per heavy atom. The van der Waals surface area contributed by atoms with Crippen molar-refractivity contribution in [1.29, 1.82) is 0 Å². The van der Waals surface area contributed by atoms with E-state index in [1.165, 1.54) is 0 Å². The minimum atomic E-state index is -0.691. The van der Waals surface area contributed by atoms with Crippen LogP contribution in [0, 0.1) is 0 Å². The summed E-state index contributed by atoms with van der Waals surface area (Å²) in [6.45, 7) is 11.8. The number of aromatic nitrogens is 2. The van der Waals surface area contributed by atoms with Gasteiger partial charge < -0.3 is 23.5 Å². The van der Waals surface area contributed by atoms with E-state index < -0.39 is 17.7 Å². The van der Waals surface area contributed by atoms with Crippen LogP contribution in [0.15, 0.2) is 40.9 Å². The number of nitrogens with zero attached hydrogens (tertiary/aromatic N) is 3. The summed E-state index contributed by atoms with van der Waals surface area (Å²) in [4.78, 5) is 31.5. The van der Waals surface area contributed by atoms with Gasteiger partial charge in [-0.1, -0.05) is 16.8 Å². The molecule has 3 aromatic rings. The third-order valence-corrected chi connectivity index (χ3v) is 6.41. The number of carbonyl (C=O) groups is 2. The van der Waals surface area contributed by atoms with Crippen LogP contribution in [0.25, 0.3) is 22.8 Å². The zero-order valence-electron chi connectivity index (χ0n) is 24.2. The number of esters is 1. The summed E-state index contributed by atoms with van der Waals surface area (Å²) in [6, 6.07) is 10.4. The number of halogens is 1. The van der Waals surface area contributed by atoms with Crippen molar-refractivity contribution in [3.8, 4) is 34.3 Å². The van der Waals surface area contributed by atoms with Crippen molar-refractivity contribution in [1.82, 2.24) is 15.0 Å². The largest absolute Gasteiger partial charge is 0.491 e. The van der Waals surface area contributed by atoms with Crippen molar-refractivity contribution in [2.45, 2.75) is 78.7 Å². The topological polar surface area (TPSA) is 113 Å². The van der Waals surface area contributed by atoms with Gasteiger partial charge in [0.1, 0.15) is 23.7 Å². The number of benzene rings is 2. The molecular weight excluding hydrogens is 550 g/mol. The molecular formula is C30H36ClN3O7. The maximum Gasteiger partial charge on any atom is 0.410 e. The lowest BCUT2D eigenvalue weighted by Crippen LogP contribution is -2.44. The third-order valence-electron chi connectivity index (χ3n) is 6.11. The fourth-order valence-corrected chi connectivity index (χ4v) is 4.53. The van der Waals surface area contributed by atoms with Crippen LogP contribution in [-0.4, -0.2) is 58.1 Å². The first-order valence-electron chi connectivity index (χ1n) is 13.6. The van der Waals surface area contributed by atoms with Crippen molar-refractivity contribution in [2.24, 2.45) is 0 Å². The van der Waals surface area contributed by atoms with Crippen LogP contribution in [0.5, 0.6) is 11.5 Å². The fourth-order valence-electron chi connectivity index (χ4n) is 4.30. The van der Waals surface area contributed by atoms with Gasteiger partial charge in [0, 0.05) is 23.1 Å². The second-order valence-electron chi connectivity index (χ2n) is 11.0. The molecule has 0 bridgehead atoms. The summed E-state index contributed by atoms with van der Waals surface area (Å²) >= 11 is 6.39. The average molecular weight is 586 g/mol. The SMILES string of the molecule is CCOC(=O)CCC1COc2ccc(-c3noc(-c4ccc(OC(C)C)c(Cl)c4)n3)cc2CN1C(=O)OC(C)(C)C. The van der Waals surface area contributed by atoms with Crippen LogP contribution >= 0.6 is 11.6 Å². The monoisotopic (exact) mass is 585 g/mol. The number of hydrogen-bond donors (Lipinski definition) is 0. The minimum Gasteiger partial charge on any atom is -0.491 e. The molecule has 4 rings (SSSR count). The number of hydrogen-bond acceptors (Lipinski definition) is 9. The van der Waals surface area contributed by atoms with E-state index in [1.54, 1.807) is 30.0 Å². The van der Waals surface area contributed by atoms with Crippen molar-refractivity contribution in [3.05, 3.63) is 47.0 Å². The van der Waals surface area contributed by atoms with Crippen molar-refractivity contribution < 1.29 is 33.1 Å². The van der Waals surface area contributed by atoms with Crippen LogP contribution in [0.3, 0.4) is 0 Å². The smallest absolute Gasteiger partial charge is 0.410 e. The van der Waals surface area contributed by atoms with E-state index in [4.69, 9.17) is 35.1 Å². The number of fused-ring (bicyclic) bond motifs is 1. The maximum atomic E-state index is 13.3. The van der Waals surface area contributed by atoms with Crippen LogP contribution in [0.4, 0.5) is 4.79 Å². The quantitative estimate of drug-likeness (QED) is 0.267. The Bertz CT molecular complexity index is 1380. The molecule has 10 nitrogen and oxygen atoms in total. The van der Waals surface area contributed by atoms with Crippen molar-refractivity contribution in [3.63, 3.8) is 0 Å². The lowest BCUT2D eigenvalue weighted by molar-refractivity contribution is -0.143. The van der Waals surface area contributed by atoms with E-state index >= 15 is 0 Å². The molecule has 0 saturated carbocycles. The highest BCUT2D eigenvalue weighted by atomic mass is 35.5. The second kappa shape index (κ2) is 12.8. The van der Waals surface area contributed by atoms with E-state index in [9.17, 15) is 9.59 Å². The number of amides is 1. The lowest BCUT2D eigenvalue weighted by atomic mass is 10.1. The summed E-state index contributed by atoms with van der Waals surface area (Å²) in [6.07, 6.45) is 0.0288. The van der Waals surface area contributed by atoms with Crippen LogP contribution in [0.2, 0.25) is 5.02 Å². The van der Waals surface area contributed by atoms with Gasteiger partial charge in [-0.3, -0.25) is 9.69 Å².